The van der Waals surface area contributed by atoms with Crippen LogP contribution in [0.3, 0.4) is 0 Å². The van der Waals surface area contributed by atoms with E-state index in [1.165, 1.54) is 0 Å². The van der Waals surface area contributed by atoms with Crippen LogP contribution in [0.15, 0.2) is 0 Å². The van der Waals surface area contributed by atoms with Crippen molar-refractivity contribution in [3.63, 3.8) is 0 Å². The number of β-amino-alcohol motifs (C(OH)–C–C–N with tert-alkyl or cyclic N) is 1. The zero-order chi connectivity index (χ0) is 12.6. The van der Waals surface area contributed by atoms with Gasteiger partial charge in [0.15, 0.2) is 0 Å². The first-order valence-corrected chi connectivity index (χ1v) is 5.48. The van der Waals surface area contributed by atoms with E-state index >= 15 is 0 Å². The third kappa shape index (κ3) is 2.80. The molecule has 1 aromatic rings. The van der Waals surface area contributed by atoms with Crippen LogP contribution >= 0.6 is 0 Å². The van der Waals surface area contributed by atoms with Crippen molar-refractivity contribution in [1.82, 2.24) is 19.9 Å². The molecule has 7 nitrogen and oxygen atoms in total. The van der Waals surface area contributed by atoms with Crippen molar-refractivity contribution in [1.29, 1.82) is 0 Å². The molecule has 0 amide bonds. The second kappa shape index (κ2) is 4.08. The van der Waals surface area contributed by atoms with E-state index in [0.717, 1.165) is 0 Å². The van der Waals surface area contributed by atoms with E-state index < -0.39 is 5.60 Å². The minimum absolute atomic E-state index is 0.228. The van der Waals surface area contributed by atoms with Crippen molar-refractivity contribution in [2.45, 2.75) is 19.1 Å². The van der Waals surface area contributed by atoms with Gasteiger partial charge in [0.1, 0.15) is 5.82 Å². The Morgan fingerprint density at radius 2 is 2.00 bits per heavy atom. The molecule has 1 aliphatic rings. The van der Waals surface area contributed by atoms with Crippen molar-refractivity contribution in [2.75, 3.05) is 37.8 Å². The van der Waals surface area contributed by atoms with E-state index in [1.807, 2.05) is 21.0 Å². The first-order valence-electron chi connectivity index (χ1n) is 5.48. The van der Waals surface area contributed by atoms with Crippen LogP contribution in [0, 0.1) is 0 Å². The van der Waals surface area contributed by atoms with Crippen LogP contribution in [0.1, 0.15) is 12.7 Å². The van der Waals surface area contributed by atoms with E-state index in [-0.39, 0.29) is 5.95 Å². The maximum Gasteiger partial charge on any atom is 0.229 e. The Hall–Kier alpha value is -1.47. The lowest BCUT2D eigenvalue weighted by Crippen LogP contribution is -2.59. The SMILES string of the molecule is CN(C)c1nc(N)nc(CN2CC(C)(O)C2)n1. The molecule has 0 unspecified atom stereocenters. The van der Waals surface area contributed by atoms with Crippen molar-refractivity contribution in [3.8, 4) is 0 Å². The lowest BCUT2D eigenvalue weighted by atomic mass is 9.97. The number of nitrogens with zero attached hydrogens (tertiary/aromatic N) is 5. The van der Waals surface area contributed by atoms with Gasteiger partial charge in [-0.1, -0.05) is 0 Å². The molecule has 1 saturated heterocycles. The maximum absolute atomic E-state index is 9.63. The molecule has 17 heavy (non-hydrogen) atoms. The molecule has 3 N–H and O–H groups in total. The zero-order valence-corrected chi connectivity index (χ0v) is 10.4. The molecule has 0 radical (unpaired) electrons. The predicted octanol–water partition coefficient (Wildman–Crippen LogP) is -0.914. The normalized spacial score (nSPS) is 18.8. The molecular formula is C10H18N6O. The van der Waals surface area contributed by atoms with E-state index in [2.05, 4.69) is 19.9 Å². The predicted molar refractivity (Wildman–Crippen MR) is 64.5 cm³/mol. The molecule has 1 aromatic heterocycles. The molecule has 1 aliphatic heterocycles. The third-order valence-corrected chi connectivity index (χ3v) is 2.58. The van der Waals surface area contributed by atoms with E-state index in [0.29, 0.717) is 31.4 Å². The number of likely N-dealkylation sites (tertiary alicyclic amines) is 1. The quantitative estimate of drug-likeness (QED) is 0.704. The van der Waals surface area contributed by atoms with Crippen molar-refractivity contribution in [3.05, 3.63) is 5.82 Å². The van der Waals surface area contributed by atoms with Gasteiger partial charge in [0.05, 0.1) is 12.1 Å². The summed E-state index contributed by atoms with van der Waals surface area (Å²) in [7, 11) is 3.71. The molecule has 94 valence electrons. The highest BCUT2D eigenvalue weighted by Crippen LogP contribution is 2.21. The number of hydrogen-bond donors (Lipinski definition) is 2. The summed E-state index contributed by atoms with van der Waals surface area (Å²) in [5, 5.41) is 9.63. The zero-order valence-electron chi connectivity index (χ0n) is 10.4. The Bertz CT molecular complexity index is 411. The Morgan fingerprint density at radius 3 is 2.53 bits per heavy atom. The summed E-state index contributed by atoms with van der Waals surface area (Å²) < 4.78 is 0. The van der Waals surface area contributed by atoms with Gasteiger partial charge in [-0.25, -0.2) is 0 Å². The smallest absolute Gasteiger partial charge is 0.229 e. The van der Waals surface area contributed by atoms with E-state index in [4.69, 9.17) is 5.73 Å². The number of aliphatic hydroxyl groups is 1. The number of hydrogen-bond acceptors (Lipinski definition) is 7. The van der Waals surface area contributed by atoms with Gasteiger partial charge >= 0.3 is 0 Å². The van der Waals surface area contributed by atoms with Crippen LogP contribution in [0.5, 0.6) is 0 Å². The summed E-state index contributed by atoms with van der Waals surface area (Å²) in [4.78, 5) is 16.3. The van der Waals surface area contributed by atoms with Crippen LogP contribution < -0.4 is 10.6 Å². The van der Waals surface area contributed by atoms with Crippen LogP contribution in [-0.2, 0) is 6.54 Å². The molecule has 0 bridgehead atoms. The number of anilines is 2. The molecule has 0 aromatic carbocycles. The van der Waals surface area contributed by atoms with Crippen molar-refractivity contribution >= 4 is 11.9 Å². The average Bonchev–Trinajstić information content (AvgIpc) is 2.13. The lowest BCUT2D eigenvalue weighted by Gasteiger charge is -2.43. The monoisotopic (exact) mass is 238 g/mol. The molecule has 0 atom stereocenters. The largest absolute Gasteiger partial charge is 0.388 e. The molecule has 2 rings (SSSR count). The van der Waals surface area contributed by atoms with E-state index in [9.17, 15) is 5.11 Å². The van der Waals surface area contributed by atoms with Gasteiger partial charge in [-0.2, -0.15) is 15.0 Å². The van der Waals surface area contributed by atoms with Gasteiger partial charge in [-0.3, -0.25) is 4.90 Å². The van der Waals surface area contributed by atoms with Crippen LogP contribution in [-0.4, -0.2) is 57.7 Å². The van der Waals surface area contributed by atoms with Crippen molar-refractivity contribution < 1.29 is 5.11 Å². The molecule has 0 saturated carbocycles. The van der Waals surface area contributed by atoms with Gasteiger partial charge in [-0.05, 0) is 6.92 Å². The summed E-state index contributed by atoms with van der Waals surface area (Å²) in [5.74, 6) is 1.42. The molecular weight excluding hydrogens is 220 g/mol. The highest BCUT2D eigenvalue weighted by molar-refractivity contribution is 5.32. The van der Waals surface area contributed by atoms with E-state index in [1.54, 1.807) is 4.90 Å². The fourth-order valence-corrected chi connectivity index (χ4v) is 1.92. The van der Waals surface area contributed by atoms with Crippen molar-refractivity contribution in [2.24, 2.45) is 0 Å². The summed E-state index contributed by atoms with van der Waals surface area (Å²) in [6.45, 7) is 3.67. The first kappa shape index (κ1) is 12.0. The Morgan fingerprint density at radius 1 is 1.35 bits per heavy atom. The van der Waals surface area contributed by atoms with Gasteiger partial charge in [0.2, 0.25) is 11.9 Å². The number of nitrogen functional groups attached to an aromatic ring is 1. The standard InChI is InChI=1S/C10H18N6O/c1-10(17)5-16(6-10)4-7-12-8(11)14-9(13-7)15(2)3/h17H,4-6H2,1-3H3,(H2,11,12,13,14). The van der Waals surface area contributed by atoms with Gasteiger partial charge in [0, 0.05) is 27.2 Å². The van der Waals surface area contributed by atoms with Gasteiger partial charge < -0.3 is 15.7 Å². The fourth-order valence-electron chi connectivity index (χ4n) is 1.92. The third-order valence-electron chi connectivity index (χ3n) is 2.58. The molecule has 1 fully saturated rings. The first-order chi connectivity index (χ1) is 7.85. The van der Waals surface area contributed by atoms with Crippen LogP contribution in [0.25, 0.3) is 0 Å². The second-order valence-corrected chi connectivity index (χ2v) is 4.95. The van der Waals surface area contributed by atoms with Crippen LogP contribution in [0.2, 0.25) is 0 Å². The minimum atomic E-state index is -0.580. The average molecular weight is 238 g/mol. The fraction of sp³-hybridized carbons (Fsp3) is 0.700. The molecule has 2 heterocycles. The molecule has 7 heteroatoms. The molecule has 0 aliphatic carbocycles. The summed E-state index contributed by atoms with van der Waals surface area (Å²) >= 11 is 0. The Kier molecular flexibility index (Phi) is 2.88. The summed E-state index contributed by atoms with van der Waals surface area (Å²) in [6.07, 6.45) is 0. The highest BCUT2D eigenvalue weighted by atomic mass is 16.3. The van der Waals surface area contributed by atoms with Gasteiger partial charge in [0.25, 0.3) is 0 Å². The van der Waals surface area contributed by atoms with Crippen LogP contribution in [0.4, 0.5) is 11.9 Å². The van der Waals surface area contributed by atoms with Gasteiger partial charge in [-0.15, -0.1) is 0 Å². The lowest BCUT2D eigenvalue weighted by molar-refractivity contribution is -0.0880. The minimum Gasteiger partial charge on any atom is -0.388 e. The highest BCUT2D eigenvalue weighted by Gasteiger charge is 2.36. The summed E-state index contributed by atoms with van der Waals surface area (Å²) in [5.41, 5.74) is 5.05. The number of aromatic nitrogens is 3. The number of nitrogens with two attached hydrogens (primary N) is 1. The summed E-state index contributed by atoms with van der Waals surface area (Å²) in [6, 6.07) is 0. The second-order valence-electron chi connectivity index (χ2n) is 4.95. The Balaban J connectivity index is 2.06. The maximum atomic E-state index is 9.63. The number of rotatable bonds is 3. The topological polar surface area (TPSA) is 91.4 Å². The molecule has 0 spiro atoms. The Labute approximate surface area is 100 Å².